The summed E-state index contributed by atoms with van der Waals surface area (Å²) in [6.07, 6.45) is 1.15. The van der Waals surface area contributed by atoms with E-state index < -0.39 is 5.97 Å². The van der Waals surface area contributed by atoms with E-state index in [2.05, 4.69) is 0 Å². The van der Waals surface area contributed by atoms with Crippen LogP contribution in [-0.2, 0) is 11.3 Å². The summed E-state index contributed by atoms with van der Waals surface area (Å²) in [5.74, 6) is 0.936. The highest BCUT2D eigenvalue weighted by Crippen LogP contribution is 2.32. The number of unbranched alkanes of at least 4 members (excludes halogenated alkanes) is 1. The molecule has 3 aromatic rings. The highest BCUT2D eigenvalue weighted by Gasteiger charge is 2.14. The average Bonchev–Trinajstić information content (AvgIpc) is 2.76. The van der Waals surface area contributed by atoms with Crippen molar-refractivity contribution in [3.8, 4) is 28.4 Å². The molecule has 30 heavy (non-hydrogen) atoms. The lowest BCUT2D eigenvalue weighted by atomic mass is 10.0. The summed E-state index contributed by atoms with van der Waals surface area (Å²) in [4.78, 5) is 24.2. The lowest BCUT2D eigenvalue weighted by Crippen LogP contribution is -2.22. The Balaban J connectivity index is 2.12. The summed E-state index contributed by atoms with van der Waals surface area (Å²) in [5, 5.41) is 9.77. The second-order valence-corrected chi connectivity index (χ2v) is 6.86. The first-order chi connectivity index (χ1) is 14.5. The lowest BCUT2D eigenvalue weighted by molar-refractivity contribution is -0.137. The number of nitrogens with zero attached hydrogens (tertiary/aromatic N) is 1. The summed E-state index contributed by atoms with van der Waals surface area (Å²) in [6, 6.07) is 12.8. The molecule has 0 unspecified atom stereocenters. The number of methoxy groups -OCH3 is 3. The number of ether oxygens (including phenoxy) is 3. The van der Waals surface area contributed by atoms with Crippen LogP contribution in [0, 0.1) is 0 Å². The van der Waals surface area contributed by atoms with E-state index in [-0.39, 0.29) is 12.0 Å². The quantitative estimate of drug-likeness (QED) is 0.537. The second-order valence-electron chi connectivity index (χ2n) is 6.86. The van der Waals surface area contributed by atoms with Gasteiger partial charge in [-0.3, -0.25) is 9.59 Å². The molecule has 0 atom stereocenters. The third kappa shape index (κ3) is 4.40. The van der Waals surface area contributed by atoms with Gasteiger partial charge in [0.2, 0.25) is 0 Å². The molecule has 0 bridgehead atoms. The van der Waals surface area contributed by atoms with Gasteiger partial charge in [0.25, 0.3) is 5.56 Å². The molecular formula is C23H25NO6. The maximum absolute atomic E-state index is 13.4. The largest absolute Gasteiger partial charge is 0.497 e. The van der Waals surface area contributed by atoms with Crippen molar-refractivity contribution < 1.29 is 24.1 Å². The zero-order valence-corrected chi connectivity index (χ0v) is 17.3. The van der Waals surface area contributed by atoms with Crippen LogP contribution in [0.1, 0.15) is 19.3 Å². The molecule has 0 amide bonds. The minimum atomic E-state index is -0.840. The van der Waals surface area contributed by atoms with E-state index in [1.54, 1.807) is 38.0 Å². The number of aryl methyl sites for hydroxylation is 1. The zero-order chi connectivity index (χ0) is 21.7. The van der Waals surface area contributed by atoms with Crippen molar-refractivity contribution in [2.75, 3.05) is 21.3 Å². The van der Waals surface area contributed by atoms with E-state index in [1.807, 2.05) is 30.3 Å². The molecule has 0 saturated carbocycles. The van der Waals surface area contributed by atoms with E-state index in [1.165, 1.54) is 0 Å². The number of hydrogen-bond acceptors (Lipinski definition) is 5. The normalized spacial score (nSPS) is 10.8. The van der Waals surface area contributed by atoms with Gasteiger partial charge in [0.05, 0.1) is 26.8 Å². The molecule has 158 valence electrons. The van der Waals surface area contributed by atoms with Crippen molar-refractivity contribution in [1.82, 2.24) is 4.57 Å². The number of aliphatic carboxylic acids is 1. The Morgan fingerprint density at radius 1 is 0.933 bits per heavy atom. The molecule has 0 aliphatic carbocycles. The smallest absolute Gasteiger partial charge is 0.303 e. The minimum absolute atomic E-state index is 0.0748. The Hall–Kier alpha value is -3.48. The van der Waals surface area contributed by atoms with E-state index in [9.17, 15) is 9.59 Å². The number of hydrogen-bond donors (Lipinski definition) is 1. The number of carbonyl (C=O) groups is 1. The van der Waals surface area contributed by atoms with E-state index in [0.717, 1.165) is 16.5 Å². The van der Waals surface area contributed by atoms with Crippen LogP contribution in [0.5, 0.6) is 17.2 Å². The maximum atomic E-state index is 13.4. The number of rotatable bonds is 9. The van der Waals surface area contributed by atoms with Gasteiger partial charge in [-0.25, -0.2) is 0 Å². The molecule has 2 aromatic carbocycles. The molecule has 7 nitrogen and oxygen atoms in total. The van der Waals surface area contributed by atoms with Crippen LogP contribution in [0.15, 0.2) is 47.3 Å². The molecular weight excluding hydrogens is 386 g/mol. The number of pyridine rings is 1. The highest BCUT2D eigenvalue weighted by molar-refractivity contribution is 5.85. The molecule has 0 radical (unpaired) electrons. The summed E-state index contributed by atoms with van der Waals surface area (Å²) < 4.78 is 17.7. The summed E-state index contributed by atoms with van der Waals surface area (Å²) >= 11 is 0. The van der Waals surface area contributed by atoms with Crippen molar-refractivity contribution in [3.63, 3.8) is 0 Å². The molecule has 0 saturated heterocycles. The number of carboxylic acids is 1. The van der Waals surface area contributed by atoms with Crippen LogP contribution >= 0.6 is 0 Å². The molecule has 0 aliphatic heterocycles. The van der Waals surface area contributed by atoms with Crippen molar-refractivity contribution in [2.24, 2.45) is 0 Å². The molecule has 0 fully saturated rings. The van der Waals surface area contributed by atoms with Crippen molar-refractivity contribution in [2.45, 2.75) is 25.8 Å². The van der Waals surface area contributed by atoms with Crippen molar-refractivity contribution in [3.05, 3.63) is 52.8 Å². The first-order valence-corrected chi connectivity index (χ1v) is 9.64. The average molecular weight is 411 g/mol. The molecule has 1 N–H and O–H groups in total. The van der Waals surface area contributed by atoms with Crippen molar-refractivity contribution >= 4 is 16.9 Å². The predicted molar refractivity (Wildman–Crippen MR) is 115 cm³/mol. The number of carboxylic acid groups (broad SMARTS) is 1. The van der Waals surface area contributed by atoms with Crippen LogP contribution in [0.4, 0.5) is 0 Å². The minimum Gasteiger partial charge on any atom is -0.497 e. The fourth-order valence-electron chi connectivity index (χ4n) is 3.46. The zero-order valence-electron chi connectivity index (χ0n) is 17.3. The van der Waals surface area contributed by atoms with Crippen LogP contribution in [0.2, 0.25) is 0 Å². The van der Waals surface area contributed by atoms with Crippen LogP contribution in [0.25, 0.3) is 22.0 Å². The van der Waals surface area contributed by atoms with Gasteiger partial charge in [0, 0.05) is 24.6 Å². The lowest BCUT2D eigenvalue weighted by Gasteiger charge is -2.15. The van der Waals surface area contributed by atoms with Crippen LogP contribution in [-0.4, -0.2) is 37.0 Å². The highest BCUT2D eigenvalue weighted by atomic mass is 16.5. The summed E-state index contributed by atoms with van der Waals surface area (Å²) in [7, 11) is 4.69. The summed E-state index contributed by atoms with van der Waals surface area (Å²) in [5.41, 5.74) is 1.85. The molecule has 1 heterocycles. The Morgan fingerprint density at radius 2 is 1.70 bits per heavy atom. The van der Waals surface area contributed by atoms with Gasteiger partial charge < -0.3 is 23.9 Å². The molecule has 1 aromatic heterocycles. The Morgan fingerprint density at radius 3 is 2.37 bits per heavy atom. The van der Waals surface area contributed by atoms with Gasteiger partial charge in [0.1, 0.15) is 5.75 Å². The van der Waals surface area contributed by atoms with E-state index >= 15 is 0 Å². The van der Waals surface area contributed by atoms with E-state index in [0.29, 0.717) is 42.2 Å². The molecule has 0 spiro atoms. The third-order valence-electron chi connectivity index (χ3n) is 5.02. The standard InChI is InChI=1S/C23H25NO6/c1-28-17-9-7-16-12-18(15-8-10-20(29-2)21(13-15)30-3)23(27)24(19(16)14-17)11-5-4-6-22(25)26/h7-10,12-14H,4-6,11H2,1-3H3,(H,25,26). The molecule has 0 aliphatic rings. The topological polar surface area (TPSA) is 87.0 Å². The fraction of sp³-hybridized carbons (Fsp3) is 0.304. The number of aromatic nitrogens is 1. The molecule has 3 rings (SSSR count). The number of fused-ring (bicyclic) bond motifs is 1. The Labute approximate surface area is 174 Å². The molecule has 7 heteroatoms. The van der Waals surface area contributed by atoms with Crippen molar-refractivity contribution in [1.29, 1.82) is 0 Å². The predicted octanol–water partition coefficient (Wildman–Crippen LogP) is 3.95. The van der Waals surface area contributed by atoms with Gasteiger partial charge in [-0.2, -0.15) is 0 Å². The first-order valence-electron chi connectivity index (χ1n) is 9.64. The third-order valence-corrected chi connectivity index (χ3v) is 5.02. The van der Waals surface area contributed by atoms with Gasteiger partial charge in [0.15, 0.2) is 11.5 Å². The van der Waals surface area contributed by atoms with Gasteiger partial charge >= 0.3 is 5.97 Å². The Kier molecular flexibility index (Phi) is 6.61. The second kappa shape index (κ2) is 9.35. The van der Waals surface area contributed by atoms with Crippen LogP contribution in [0.3, 0.4) is 0 Å². The summed E-state index contributed by atoms with van der Waals surface area (Å²) in [6.45, 7) is 0.414. The van der Waals surface area contributed by atoms with Gasteiger partial charge in [-0.1, -0.05) is 6.07 Å². The monoisotopic (exact) mass is 411 g/mol. The SMILES string of the molecule is COc1ccc2cc(-c3ccc(OC)c(OC)c3)c(=O)n(CCCCC(=O)O)c2c1. The van der Waals surface area contributed by atoms with Gasteiger partial charge in [-0.05, 0) is 54.1 Å². The van der Waals surface area contributed by atoms with E-state index in [4.69, 9.17) is 19.3 Å². The fourth-order valence-corrected chi connectivity index (χ4v) is 3.46. The Bertz CT molecular complexity index is 1120. The van der Waals surface area contributed by atoms with Gasteiger partial charge in [-0.15, -0.1) is 0 Å². The number of benzene rings is 2. The maximum Gasteiger partial charge on any atom is 0.303 e. The van der Waals surface area contributed by atoms with Crippen LogP contribution < -0.4 is 19.8 Å². The first kappa shape index (κ1) is 21.2.